The molecule has 1 aromatic carbocycles. The minimum Gasteiger partial charge on any atom is -0.245 e. The molecule has 0 bridgehead atoms. The van der Waals surface area contributed by atoms with Gasteiger partial charge in [0.15, 0.2) is 0 Å². The summed E-state index contributed by atoms with van der Waals surface area (Å²) in [5.74, 6) is 0. The molecule has 3 rings (SSSR count). The summed E-state index contributed by atoms with van der Waals surface area (Å²) in [6.45, 7) is 1.94. The van der Waals surface area contributed by atoms with Crippen molar-refractivity contribution in [2.45, 2.75) is 43.0 Å². The second kappa shape index (κ2) is 5.51. The fourth-order valence-corrected chi connectivity index (χ4v) is 5.35. The minimum atomic E-state index is -3.52. The van der Waals surface area contributed by atoms with E-state index in [4.69, 9.17) is 0 Å². The molecule has 6 heteroatoms. The van der Waals surface area contributed by atoms with E-state index in [2.05, 4.69) is 9.71 Å². The number of rotatable bonds is 4. The molecular formula is C15H18N2O2S2. The molecule has 0 unspecified atom stereocenters. The molecule has 0 amide bonds. The quantitative estimate of drug-likeness (QED) is 0.940. The van der Waals surface area contributed by atoms with Gasteiger partial charge in [-0.3, -0.25) is 0 Å². The maximum atomic E-state index is 12.6. The van der Waals surface area contributed by atoms with Crippen LogP contribution in [-0.4, -0.2) is 13.4 Å². The lowest BCUT2D eigenvalue weighted by molar-refractivity contribution is 0.402. The fourth-order valence-electron chi connectivity index (χ4n) is 2.83. The number of benzene rings is 1. The summed E-state index contributed by atoms with van der Waals surface area (Å²) in [7, 11) is -3.52. The van der Waals surface area contributed by atoms with Crippen LogP contribution in [0.25, 0.3) is 0 Å². The highest BCUT2D eigenvalue weighted by Gasteiger charge is 2.41. The molecule has 1 aliphatic rings. The van der Waals surface area contributed by atoms with E-state index in [-0.39, 0.29) is 0 Å². The van der Waals surface area contributed by atoms with Crippen LogP contribution < -0.4 is 4.72 Å². The van der Waals surface area contributed by atoms with Gasteiger partial charge in [-0.1, -0.05) is 31.0 Å². The molecule has 0 saturated heterocycles. The molecule has 0 spiro atoms. The van der Waals surface area contributed by atoms with Crippen molar-refractivity contribution < 1.29 is 8.42 Å². The van der Waals surface area contributed by atoms with Gasteiger partial charge in [0, 0.05) is 11.1 Å². The Bertz CT molecular complexity index is 717. The Morgan fingerprint density at radius 2 is 1.86 bits per heavy atom. The molecule has 0 aliphatic heterocycles. The highest BCUT2D eigenvalue weighted by molar-refractivity contribution is 7.89. The van der Waals surface area contributed by atoms with Gasteiger partial charge in [0.2, 0.25) is 10.0 Å². The maximum absolute atomic E-state index is 12.6. The minimum absolute atomic E-state index is 0.310. The van der Waals surface area contributed by atoms with E-state index >= 15 is 0 Å². The van der Waals surface area contributed by atoms with Crippen LogP contribution >= 0.6 is 11.3 Å². The summed E-state index contributed by atoms with van der Waals surface area (Å²) in [6, 6.07) is 8.54. The number of sulfonamides is 1. The molecule has 112 valence electrons. The molecule has 2 aromatic rings. The largest absolute Gasteiger partial charge is 0.245 e. The van der Waals surface area contributed by atoms with Gasteiger partial charge in [0.25, 0.3) is 0 Å². The predicted octanol–water partition coefficient (Wildman–Crippen LogP) is 3.20. The molecule has 4 nitrogen and oxygen atoms in total. The highest BCUT2D eigenvalue weighted by Crippen LogP contribution is 2.41. The first-order chi connectivity index (χ1) is 10.0. The van der Waals surface area contributed by atoms with Crippen molar-refractivity contribution in [3.8, 4) is 0 Å². The molecule has 0 radical (unpaired) electrons. The lowest BCUT2D eigenvalue weighted by atomic mass is 10.0. The van der Waals surface area contributed by atoms with Crippen LogP contribution in [0.3, 0.4) is 0 Å². The third-order valence-electron chi connectivity index (χ3n) is 3.87. The van der Waals surface area contributed by atoms with Crippen molar-refractivity contribution in [3.63, 3.8) is 0 Å². The number of nitrogens with zero attached hydrogens (tertiary/aromatic N) is 1. The van der Waals surface area contributed by atoms with Gasteiger partial charge in [-0.2, -0.15) is 4.72 Å². The van der Waals surface area contributed by atoms with Crippen molar-refractivity contribution in [1.82, 2.24) is 9.71 Å². The van der Waals surface area contributed by atoms with Crippen molar-refractivity contribution in [2.24, 2.45) is 0 Å². The topological polar surface area (TPSA) is 59.1 Å². The number of hydrogen-bond donors (Lipinski definition) is 1. The van der Waals surface area contributed by atoms with E-state index in [9.17, 15) is 8.42 Å². The Morgan fingerprint density at radius 3 is 2.43 bits per heavy atom. The van der Waals surface area contributed by atoms with Gasteiger partial charge in [-0.05, 0) is 31.9 Å². The summed E-state index contributed by atoms with van der Waals surface area (Å²) in [6.07, 6.45) is 3.67. The Kier molecular flexibility index (Phi) is 3.86. The average molecular weight is 322 g/mol. The molecule has 1 heterocycles. The standard InChI is InChI=1S/C15H18N2O2S2/c1-12-11-20-14(16-12)15(9-5-6-10-15)17-21(18,19)13-7-3-2-4-8-13/h2-4,7-8,11,17H,5-6,9-10H2,1H3. The van der Waals surface area contributed by atoms with Crippen molar-refractivity contribution in [2.75, 3.05) is 0 Å². The second-order valence-corrected chi connectivity index (χ2v) is 8.04. The first kappa shape index (κ1) is 14.7. The van der Waals surface area contributed by atoms with Gasteiger partial charge in [-0.25, -0.2) is 13.4 Å². The van der Waals surface area contributed by atoms with E-state index in [0.717, 1.165) is 36.4 Å². The molecule has 0 atom stereocenters. The van der Waals surface area contributed by atoms with E-state index in [1.54, 1.807) is 35.6 Å². The SMILES string of the molecule is Cc1csc(C2(NS(=O)(=O)c3ccccc3)CCCC2)n1. The third-order valence-corrected chi connectivity index (χ3v) is 6.59. The van der Waals surface area contributed by atoms with Crippen LogP contribution in [0, 0.1) is 6.92 Å². The maximum Gasteiger partial charge on any atom is 0.241 e. The summed E-state index contributed by atoms with van der Waals surface area (Å²) in [5, 5.41) is 2.86. The van der Waals surface area contributed by atoms with Crippen LogP contribution in [0.1, 0.15) is 36.4 Å². The van der Waals surface area contributed by atoms with Crippen LogP contribution in [0.4, 0.5) is 0 Å². The summed E-state index contributed by atoms with van der Waals surface area (Å²) in [5.41, 5.74) is 0.410. The first-order valence-electron chi connectivity index (χ1n) is 7.04. The monoisotopic (exact) mass is 322 g/mol. The fraction of sp³-hybridized carbons (Fsp3) is 0.400. The van der Waals surface area contributed by atoms with Crippen LogP contribution in [0.2, 0.25) is 0 Å². The highest BCUT2D eigenvalue weighted by atomic mass is 32.2. The number of aromatic nitrogens is 1. The Balaban J connectivity index is 1.97. The van der Waals surface area contributed by atoms with Gasteiger partial charge < -0.3 is 0 Å². The lowest BCUT2D eigenvalue weighted by Crippen LogP contribution is -2.43. The summed E-state index contributed by atoms with van der Waals surface area (Å²) in [4.78, 5) is 4.84. The van der Waals surface area contributed by atoms with Gasteiger partial charge in [0.1, 0.15) is 5.01 Å². The Labute approximate surface area is 129 Å². The Morgan fingerprint density at radius 1 is 1.19 bits per heavy atom. The molecule has 1 aromatic heterocycles. The van der Waals surface area contributed by atoms with Crippen LogP contribution in [0.5, 0.6) is 0 Å². The number of thiazole rings is 1. The third kappa shape index (κ3) is 2.88. The van der Waals surface area contributed by atoms with Gasteiger partial charge in [0.05, 0.1) is 10.4 Å². The first-order valence-corrected chi connectivity index (χ1v) is 9.40. The average Bonchev–Trinajstić information content (AvgIpc) is 3.09. The van der Waals surface area contributed by atoms with E-state index < -0.39 is 15.6 Å². The van der Waals surface area contributed by atoms with Crippen molar-refractivity contribution >= 4 is 21.4 Å². The van der Waals surface area contributed by atoms with E-state index in [0.29, 0.717) is 4.90 Å². The zero-order valence-corrected chi connectivity index (χ0v) is 13.5. The predicted molar refractivity (Wildman–Crippen MR) is 83.8 cm³/mol. The van der Waals surface area contributed by atoms with Crippen molar-refractivity contribution in [1.29, 1.82) is 0 Å². The summed E-state index contributed by atoms with van der Waals surface area (Å²) >= 11 is 1.54. The zero-order valence-electron chi connectivity index (χ0n) is 11.9. The zero-order chi connectivity index (χ0) is 14.9. The molecule has 21 heavy (non-hydrogen) atoms. The van der Waals surface area contributed by atoms with Gasteiger partial charge in [-0.15, -0.1) is 11.3 Å². The number of hydrogen-bond acceptors (Lipinski definition) is 4. The molecule has 1 saturated carbocycles. The second-order valence-electron chi connectivity index (χ2n) is 5.50. The van der Waals surface area contributed by atoms with E-state index in [1.165, 1.54) is 0 Å². The van der Waals surface area contributed by atoms with E-state index in [1.807, 2.05) is 18.4 Å². The molecule has 1 fully saturated rings. The molecular weight excluding hydrogens is 304 g/mol. The Hall–Kier alpha value is -1.24. The number of aryl methyl sites for hydroxylation is 1. The van der Waals surface area contributed by atoms with Gasteiger partial charge >= 0.3 is 0 Å². The van der Waals surface area contributed by atoms with Crippen molar-refractivity contribution in [3.05, 3.63) is 46.4 Å². The normalized spacial score (nSPS) is 18.0. The van der Waals surface area contributed by atoms with Crippen LogP contribution in [-0.2, 0) is 15.6 Å². The summed E-state index contributed by atoms with van der Waals surface area (Å²) < 4.78 is 28.2. The molecule has 1 N–H and O–H groups in total. The van der Waals surface area contributed by atoms with Crippen LogP contribution in [0.15, 0.2) is 40.6 Å². The number of nitrogens with one attached hydrogen (secondary N) is 1. The smallest absolute Gasteiger partial charge is 0.241 e. The lowest BCUT2D eigenvalue weighted by Gasteiger charge is -2.27. The molecule has 1 aliphatic carbocycles.